The summed E-state index contributed by atoms with van der Waals surface area (Å²) in [5.74, 6) is 0.685. The van der Waals surface area contributed by atoms with Crippen molar-refractivity contribution in [2.45, 2.75) is 77.5 Å². The van der Waals surface area contributed by atoms with Gasteiger partial charge in [-0.05, 0) is 42.2 Å². The number of alkyl halides is 3. The van der Waals surface area contributed by atoms with Crippen molar-refractivity contribution in [2.24, 2.45) is 0 Å². The number of hydrogen-bond acceptors (Lipinski definition) is 4. The van der Waals surface area contributed by atoms with Crippen molar-refractivity contribution in [3.05, 3.63) is 77.1 Å². The molecule has 0 saturated heterocycles. The average molecular weight is 496 g/mol. The highest BCUT2D eigenvalue weighted by Crippen LogP contribution is 2.34. The molecule has 1 aromatic heterocycles. The molecular weight excluding hydrogens is 463 g/mol. The highest BCUT2D eigenvalue weighted by atomic mass is 19.4. The van der Waals surface area contributed by atoms with Crippen LogP contribution in [-0.2, 0) is 19.2 Å². The van der Waals surface area contributed by atoms with Crippen molar-refractivity contribution in [2.75, 3.05) is 0 Å². The van der Waals surface area contributed by atoms with Crippen LogP contribution in [0.3, 0.4) is 0 Å². The molecule has 7 heteroatoms. The van der Waals surface area contributed by atoms with Gasteiger partial charge < -0.3 is 4.74 Å². The van der Waals surface area contributed by atoms with Gasteiger partial charge in [-0.3, -0.25) is 0 Å². The number of aromatic nitrogens is 2. The number of benzene rings is 2. The van der Waals surface area contributed by atoms with Gasteiger partial charge in [-0.2, -0.15) is 18.4 Å². The Kier molecular flexibility index (Phi) is 10.3. The Hall–Kier alpha value is -3.40. The number of hydrogen-bond donors (Lipinski definition) is 0. The Morgan fingerprint density at radius 1 is 0.833 bits per heavy atom. The highest BCUT2D eigenvalue weighted by Gasteiger charge is 2.34. The molecule has 0 amide bonds. The van der Waals surface area contributed by atoms with E-state index in [1.54, 1.807) is 6.07 Å². The van der Waals surface area contributed by atoms with Gasteiger partial charge in [0.2, 0.25) is 0 Å². The van der Waals surface area contributed by atoms with Crippen molar-refractivity contribution in [3.63, 3.8) is 0 Å². The maximum Gasteiger partial charge on any atom is 0.417 e. The number of ether oxygens (including phenoxy) is 1. The van der Waals surface area contributed by atoms with Crippen LogP contribution in [0.1, 0.15) is 80.5 Å². The monoisotopic (exact) mass is 495 g/mol. The average Bonchev–Trinajstić information content (AvgIpc) is 2.89. The first-order valence-corrected chi connectivity index (χ1v) is 12.5. The van der Waals surface area contributed by atoms with Gasteiger partial charge in [0, 0.05) is 18.0 Å². The summed E-state index contributed by atoms with van der Waals surface area (Å²) >= 11 is 0. The number of halogens is 3. The van der Waals surface area contributed by atoms with E-state index in [-0.39, 0.29) is 12.4 Å². The smallest absolute Gasteiger partial charge is 0.417 e. The Bertz CT molecular complexity index is 1120. The zero-order valence-electron chi connectivity index (χ0n) is 20.7. The van der Waals surface area contributed by atoms with Crippen molar-refractivity contribution < 1.29 is 17.9 Å². The summed E-state index contributed by atoms with van der Waals surface area (Å²) in [6.07, 6.45) is 10.4. The van der Waals surface area contributed by atoms with Crippen molar-refractivity contribution in [3.8, 4) is 23.2 Å². The molecule has 0 fully saturated rings. The number of unbranched alkanes of at least 4 members (excludes halogenated alkanes) is 7. The van der Waals surface area contributed by atoms with Crippen LogP contribution in [0.15, 0.2) is 54.9 Å². The molecule has 0 bridgehead atoms. The first-order valence-electron chi connectivity index (χ1n) is 12.5. The van der Waals surface area contributed by atoms with Crippen LogP contribution in [0, 0.1) is 11.3 Å². The fourth-order valence-electron chi connectivity index (χ4n) is 3.96. The summed E-state index contributed by atoms with van der Waals surface area (Å²) in [5, 5.41) is 8.90. The fraction of sp³-hybridized carbons (Fsp3) is 0.414. The lowest BCUT2D eigenvalue weighted by molar-refractivity contribution is -0.137. The van der Waals surface area contributed by atoms with Gasteiger partial charge in [0.25, 0.3) is 0 Å². The maximum absolute atomic E-state index is 13.1. The predicted molar refractivity (Wildman–Crippen MR) is 134 cm³/mol. The van der Waals surface area contributed by atoms with Crippen molar-refractivity contribution >= 4 is 0 Å². The van der Waals surface area contributed by atoms with E-state index in [4.69, 9.17) is 10.00 Å². The third-order valence-electron chi connectivity index (χ3n) is 6.06. The molecule has 4 nitrogen and oxygen atoms in total. The Morgan fingerprint density at radius 3 is 2.08 bits per heavy atom. The lowest BCUT2D eigenvalue weighted by Crippen LogP contribution is -2.08. The molecule has 0 unspecified atom stereocenters. The zero-order chi connectivity index (χ0) is 25.8. The van der Waals surface area contributed by atoms with Crippen molar-refractivity contribution in [1.82, 2.24) is 9.97 Å². The summed E-state index contributed by atoms with van der Waals surface area (Å²) in [4.78, 5) is 8.99. The minimum atomic E-state index is -4.62. The lowest BCUT2D eigenvalue weighted by atomic mass is 10.1. The molecule has 1 heterocycles. The number of aryl methyl sites for hydroxylation is 1. The quantitative estimate of drug-likeness (QED) is 0.224. The highest BCUT2D eigenvalue weighted by molar-refractivity contribution is 5.55. The largest absolute Gasteiger partial charge is 0.489 e. The molecule has 3 rings (SSSR count). The minimum Gasteiger partial charge on any atom is -0.489 e. The molecule has 0 N–H and O–H groups in total. The van der Waals surface area contributed by atoms with Gasteiger partial charge in [-0.1, -0.05) is 76.1 Å². The van der Waals surface area contributed by atoms with Crippen LogP contribution >= 0.6 is 0 Å². The first kappa shape index (κ1) is 27.2. The number of nitrogens with zero attached hydrogens (tertiary/aromatic N) is 3. The van der Waals surface area contributed by atoms with Crippen LogP contribution in [0.5, 0.6) is 5.75 Å². The molecule has 0 aliphatic heterocycles. The van der Waals surface area contributed by atoms with Crippen LogP contribution in [0.4, 0.5) is 13.2 Å². The summed E-state index contributed by atoms with van der Waals surface area (Å²) in [6, 6.07) is 12.3. The van der Waals surface area contributed by atoms with Crippen LogP contribution < -0.4 is 4.74 Å². The molecule has 0 aliphatic carbocycles. The second kappa shape index (κ2) is 13.6. The van der Waals surface area contributed by atoms with E-state index in [9.17, 15) is 13.2 Å². The Balaban J connectivity index is 1.48. The second-order valence-corrected chi connectivity index (χ2v) is 8.94. The van der Waals surface area contributed by atoms with Gasteiger partial charge in [-0.25, -0.2) is 9.97 Å². The Labute approximate surface area is 211 Å². The normalized spacial score (nSPS) is 11.3. The first-order chi connectivity index (χ1) is 17.4. The topological polar surface area (TPSA) is 58.8 Å². The summed E-state index contributed by atoms with van der Waals surface area (Å²) in [5.41, 5.74) is 1.36. The molecule has 0 saturated carbocycles. The van der Waals surface area contributed by atoms with E-state index in [0.717, 1.165) is 41.7 Å². The summed E-state index contributed by atoms with van der Waals surface area (Å²) in [7, 11) is 0. The SMILES string of the molecule is CCCCCCCCCCc1cnc(-c2ccc(COc3ccc(C#N)c(C(F)(F)F)c3)cc2)nc1. The van der Waals surface area contributed by atoms with Gasteiger partial charge in [0.15, 0.2) is 5.82 Å². The third kappa shape index (κ3) is 8.37. The van der Waals surface area contributed by atoms with Crippen LogP contribution in [-0.4, -0.2) is 9.97 Å². The predicted octanol–water partition coefficient (Wildman–Crippen LogP) is 8.30. The molecule has 0 radical (unpaired) electrons. The molecule has 3 aromatic rings. The minimum absolute atomic E-state index is 0.0563. The van der Waals surface area contributed by atoms with Crippen LogP contribution in [0.25, 0.3) is 11.4 Å². The standard InChI is InChI=1S/C29H32F3N3O/c1-2-3-4-5-6-7-8-9-10-23-19-34-28(35-20-23)24-13-11-22(12-14-24)21-36-26-16-15-25(18-33)27(17-26)29(30,31)32/h11-17,19-20H,2-10,21H2,1H3. The van der Waals surface area contributed by atoms with Gasteiger partial charge in [0.1, 0.15) is 12.4 Å². The molecular formula is C29H32F3N3O. The summed E-state index contributed by atoms with van der Waals surface area (Å²) < 4.78 is 44.9. The van der Waals surface area contributed by atoms with Gasteiger partial charge >= 0.3 is 6.18 Å². The van der Waals surface area contributed by atoms with E-state index in [1.165, 1.54) is 51.0 Å². The fourth-order valence-corrected chi connectivity index (χ4v) is 3.96. The number of nitriles is 1. The molecule has 190 valence electrons. The van der Waals surface area contributed by atoms with E-state index in [1.807, 2.05) is 36.7 Å². The van der Waals surface area contributed by atoms with E-state index >= 15 is 0 Å². The third-order valence-corrected chi connectivity index (χ3v) is 6.06. The zero-order valence-corrected chi connectivity index (χ0v) is 20.7. The molecule has 0 atom stereocenters. The number of rotatable bonds is 13. The van der Waals surface area contributed by atoms with E-state index in [2.05, 4.69) is 16.9 Å². The lowest BCUT2D eigenvalue weighted by Gasteiger charge is -2.12. The van der Waals surface area contributed by atoms with Gasteiger partial charge in [-0.15, -0.1) is 0 Å². The molecule has 36 heavy (non-hydrogen) atoms. The van der Waals surface area contributed by atoms with Crippen molar-refractivity contribution in [1.29, 1.82) is 5.26 Å². The second-order valence-electron chi connectivity index (χ2n) is 8.94. The molecule has 0 spiro atoms. The van der Waals surface area contributed by atoms with Gasteiger partial charge in [0.05, 0.1) is 17.2 Å². The molecule has 0 aliphatic rings. The summed E-state index contributed by atoms with van der Waals surface area (Å²) in [6.45, 7) is 2.33. The molecule has 2 aromatic carbocycles. The van der Waals surface area contributed by atoms with E-state index < -0.39 is 17.3 Å². The van der Waals surface area contributed by atoms with Crippen LogP contribution in [0.2, 0.25) is 0 Å². The van der Waals surface area contributed by atoms with E-state index in [0.29, 0.717) is 5.82 Å². The Morgan fingerprint density at radius 2 is 1.47 bits per heavy atom. The maximum atomic E-state index is 13.1.